The van der Waals surface area contributed by atoms with Gasteiger partial charge in [0.25, 0.3) is 0 Å². The van der Waals surface area contributed by atoms with Gasteiger partial charge in [-0.05, 0) is 31.0 Å². The molecule has 0 atom stereocenters. The summed E-state index contributed by atoms with van der Waals surface area (Å²) >= 11 is 0. The fraction of sp³-hybridized carbons (Fsp3) is 0.125. The predicted molar refractivity (Wildman–Crippen MR) is 72.7 cm³/mol. The van der Waals surface area contributed by atoms with Crippen LogP contribution in [0, 0.1) is 13.8 Å². The van der Waals surface area contributed by atoms with Crippen LogP contribution in [-0.4, -0.2) is 16.9 Å². The summed E-state index contributed by atoms with van der Waals surface area (Å²) in [5.41, 5.74) is 2.45. The molecule has 0 amide bonds. The second-order valence-electron chi connectivity index (χ2n) is 4.43. The van der Waals surface area contributed by atoms with Gasteiger partial charge in [-0.15, -0.1) is 0 Å². The molecule has 0 aliphatic carbocycles. The van der Waals surface area contributed by atoms with E-state index >= 15 is 0 Å². The van der Waals surface area contributed by atoms with Crippen molar-refractivity contribution in [2.24, 2.45) is 0 Å². The lowest BCUT2D eigenvalue weighted by Crippen LogP contribution is -2.12. The quantitative estimate of drug-likeness (QED) is 0.855. The average Bonchev–Trinajstić information content (AvgIpc) is 2.41. The summed E-state index contributed by atoms with van der Waals surface area (Å²) in [7, 11) is 0. The lowest BCUT2D eigenvalue weighted by Gasteiger charge is -2.11. The molecule has 2 aromatic rings. The zero-order chi connectivity index (χ0) is 14.0. The molecule has 19 heavy (non-hydrogen) atoms. The average molecular weight is 254 g/mol. The number of ketones is 1. The molecule has 0 radical (unpaired) electrons. The van der Waals surface area contributed by atoms with E-state index in [1.54, 1.807) is 37.3 Å². The van der Waals surface area contributed by atoms with Crippen LogP contribution >= 0.6 is 0 Å². The Labute approximate surface area is 111 Å². The Morgan fingerprint density at radius 1 is 0.947 bits per heavy atom. The zero-order valence-corrected chi connectivity index (χ0v) is 10.8. The van der Waals surface area contributed by atoms with Crippen molar-refractivity contribution in [1.82, 2.24) is 0 Å². The SMILES string of the molecule is Cc1ccc(C(=O)O)c(C(=O)c2ccccc2)c1C. The Balaban J connectivity index is 2.64. The van der Waals surface area contributed by atoms with Gasteiger partial charge in [-0.3, -0.25) is 4.79 Å². The number of benzene rings is 2. The molecule has 2 aromatic carbocycles. The first-order chi connectivity index (χ1) is 9.02. The summed E-state index contributed by atoms with van der Waals surface area (Å²) in [5, 5.41) is 9.22. The number of aryl methyl sites for hydroxylation is 1. The predicted octanol–water partition coefficient (Wildman–Crippen LogP) is 3.23. The molecule has 0 aromatic heterocycles. The van der Waals surface area contributed by atoms with Gasteiger partial charge in [0.15, 0.2) is 5.78 Å². The molecule has 0 unspecified atom stereocenters. The van der Waals surface area contributed by atoms with Crippen molar-refractivity contribution in [2.45, 2.75) is 13.8 Å². The van der Waals surface area contributed by atoms with E-state index in [1.165, 1.54) is 6.07 Å². The van der Waals surface area contributed by atoms with E-state index in [-0.39, 0.29) is 16.9 Å². The summed E-state index contributed by atoms with van der Waals surface area (Å²) in [6.45, 7) is 3.64. The Morgan fingerprint density at radius 3 is 2.16 bits per heavy atom. The molecular weight excluding hydrogens is 240 g/mol. The molecule has 1 N–H and O–H groups in total. The third kappa shape index (κ3) is 2.40. The van der Waals surface area contributed by atoms with Gasteiger partial charge in [0, 0.05) is 11.1 Å². The van der Waals surface area contributed by atoms with Crippen LogP contribution in [0.1, 0.15) is 37.4 Å². The van der Waals surface area contributed by atoms with Crippen LogP contribution in [-0.2, 0) is 0 Å². The van der Waals surface area contributed by atoms with E-state index in [0.29, 0.717) is 11.1 Å². The molecule has 3 heteroatoms. The van der Waals surface area contributed by atoms with Gasteiger partial charge in [0.1, 0.15) is 0 Å². The highest BCUT2D eigenvalue weighted by Gasteiger charge is 2.20. The minimum absolute atomic E-state index is 0.0527. The highest BCUT2D eigenvalue weighted by molar-refractivity contribution is 6.15. The van der Waals surface area contributed by atoms with Crippen LogP contribution in [0.2, 0.25) is 0 Å². The Kier molecular flexibility index (Phi) is 3.47. The highest BCUT2D eigenvalue weighted by atomic mass is 16.4. The molecule has 0 heterocycles. The third-order valence-electron chi connectivity index (χ3n) is 3.23. The number of hydrogen-bond acceptors (Lipinski definition) is 2. The van der Waals surface area contributed by atoms with Crippen molar-refractivity contribution in [2.75, 3.05) is 0 Å². The van der Waals surface area contributed by atoms with Crippen molar-refractivity contribution in [1.29, 1.82) is 0 Å². The van der Waals surface area contributed by atoms with E-state index in [4.69, 9.17) is 0 Å². The molecule has 0 saturated heterocycles. The minimum Gasteiger partial charge on any atom is -0.478 e. The fourth-order valence-corrected chi connectivity index (χ4v) is 2.02. The molecule has 0 fully saturated rings. The maximum Gasteiger partial charge on any atom is 0.336 e. The van der Waals surface area contributed by atoms with Gasteiger partial charge < -0.3 is 5.11 Å². The van der Waals surface area contributed by atoms with Crippen molar-refractivity contribution < 1.29 is 14.7 Å². The van der Waals surface area contributed by atoms with Crippen LogP contribution in [0.3, 0.4) is 0 Å². The molecule has 0 aliphatic heterocycles. The number of hydrogen-bond donors (Lipinski definition) is 1. The van der Waals surface area contributed by atoms with E-state index in [9.17, 15) is 14.7 Å². The standard InChI is InChI=1S/C16H14O3/c1-10-8-9-13(16(18)19)14(11(10)2)15(17)12-6-4-3-5-7-12/h3-9H,1-2H3,(H,18,19). The fourth-order valence-electron chi connectivity index (χ4n) is 2.02. The summed E-state index contributed by atoms with van der Waals surface area (Å²) < 4.78 is 0. The van der Waals surface area contributed by atoms with Gasteiger partial charge in [-0.2, -0.15) is 0 Å². The summed E-state index contributed by atoms with van der Waals surface area (Å²) in [6.07, 6.45) is 0. The minimum atomic E-state index is -1.08. The molecule has 0 bridgehead atoms. The molecular formula is C16H14O3. The van der Waals surface area contributed by atoms with Gasteiger partial charge in [0.2, 0.25) is 0 Å². The molecule has 0 aliphatic rings. The number of carboxylic acid groups (broad SMARTS) is 1. The zero-order valence-electron chi connectivity index (χ0n) is 10.8. The van der Waals surface area contributed by atoms with Gasteiger partial charge in [0.05, 0.1) is 5.56 Å². The van der Waals surface area contributed by atoms with Gasteiger partial charge in [-0.25, -0.2) is 4.79 Å². The lowest BCUT2D eigenvalue weighted by molar-refractivity contribution is 0.0692. The van der Waals surface area contributed by atoms with Crippen LogP contribution in [0.15, 0.2) is 42.5 Å². The van der Waals surface area contributed by atoms with Crippen LogP contribution in [0.4, 0.5) is 0 Å². The van der Waals surface area contributed by atoms with Crippen LogP contribution in [0.5, 0.6) is 0 Å². The van der Waals surface area contributed by atoms with Crippen molar-refractivity contribution >= 4 is 11.8 Å². The van der Waals surface area contributed by atoms with Gasteiger partial charge in [-0.1, -0.05) is 36.4 Å². The van der Waals surface area contributed by atoms with Crippen LogP contribution in [0.25, 0.3) is 0 Å². The van der Waals surface area contributed by atoms with Gasteiger partial charge >= 0.3 is 5.97 Å². The lowest BCUT2D eigenvalue weighted by atomic mass is 9.91. The highest BCUT2D eigenvalue weighted by Crippen LogP contribution is 2.22. The number of carbonyl (C=O) groups excluding carboxylic acids is 1. The van der Waals surface area contributed by atoms with E-state index < -0.39 is 5.97 Å². The smallest absolute Gasteiger partial charge is 0.336 e. The van der Waals surface area contributed by atoms with E-state index in [1.807, 2.05) is 13.0 Å². The number of carboxylic acids is 1. The van der Waals surface area contributed by atoms with E-state index in [2.05, 4.69) is 0 Å². The monoisotopic (exact) mass is 254 g/mol. The van der Waals surface area contributed by atoms with Crippen LogP contribution < -0.4 is 0 Å². The largest absolute Gasteiger partial charge is 0.478 e. The first kappa shape index (κ1) is 13.0. The third-order valence-corrected chi connectivity index (χ3v) is 3.23. The van der Waals surface area contributed by atoms with E-state index in [0.717, 1.165) is 5.56 Å². The number of aromatic carboxylic acids is 1. The first-order valence-electron chi connectivity index (χ1n) is 5.95. The Bertz CT molecular complexity index is 643. The maximum atomic E-state index is 12.5. The number of carbonyl (C=O) groups is 2. The Hall–Kier alpha value is -2.42. The molecule has 96 valence electrons. The molecule has 2 rings (SSSR count). The molecule has 0 spiro atoms. The summed E-state index contributed by atoms with van der Waals surface area (Å²) in [6, 6.07) is 11.9. The summed E-state index contributed by atoms with van der Waals surface area (Å²) in [5.74, 6) is -1.33. The summed E-state index contributed by atoms with van der Waals surface area (Å²) in [4.78, 5) is 23.8. The van der Waals surface area contributed by atoms with Crippen molar-refractivity contribution in [3.05, 3.63) is 70.3 Å². The van der Waals surface area contributed by atoms with Crippen molar-refractivity contribution in [3.63, 3.8) is 0 Å². The van der Waals surface area contributed by atoms with Crippen molar-refractivity contribution in [3.8, 4) is 0 Å². The number of rotatable bonds is 3. The maximum absolute atomic E-state index is 12.5. The Morgan fingerprint density at radius 2 is 1.58 bits per heavy atom. The first-order valence-corrected chi connectivity index (χ1v) is 5.95. The second-order valence-corrected chi connectivity index (χ2v) is 4.43. The second kappa shape index (κ2) is 5.06. The normalized spacial score (nSPS) is 10.2. The molecule has 0 saturated carbocycles. The molecule has 3 nitrogen and oxygen atoms in total. The topological polar surface area (TPSA) is 54.4 Å².